The molecule has 0 spiro atoms. The molecule has 27 heavy (non-hydrogen) atoms. The number of rotatable bonds is 3. The number of halogens is 3. The molecule has 4 nitrogen and oxygen atoms in total. The van der Waals surface area contributed by atoms with Crippen LogP contribution in [0, 0.1) is 6.92 Å². The molecule has 0 unspecified atom stereocenters. The number of nitrogens with zero attached hydrogens (tertiary/aromatic N) is 2. The minimum absolute atomic E-state index is 0.181. The Morgan fingerprint density at radius 1 is 1.04 bits per heavy atom. The maximum atomic E-state index is 13.2. The average molecular weight is 377 g/mol. The van der Waals surface area contributed by atoms with Crippen LogP contribution in [0.1, 0.15) is 21.5 Å². The van der Waals surface area contributed by atoms with Crippen LogP contribution in [-0.2, 0) is 6.18 Å². The molecule has 1 fully saturated rings. The molecule has 0 aliphatic carbocycles. The molecule has 1 heterocycles. The first-order valence-electron chi connectivity index (χ1n) is 8.77. The number of benzene rings is 2. The van der Waals surface area contributed by atoms with E-state index >= 15 is 0 Å². The number of aryl methyl sites for hydroxylation is 1. The number of hydrogen-bond acceptors (Lipinski definition) is 3. The molecule has 1 saturated heterocycles. The molecule has 3 rings (SSSR count). The largest absolute Gasteiger partial charge is 0.416 e. The fourth-order valence-electron chi connectivity index (χ4n) is 3.12. The van der Waals surface area contributed by atoms with Gasteiger partial charge in [0.2, 0.25) is 0 Å². The zero-order valence-corrected chi connectivity index (χ0v) is 15.3. The van der Waals surface area contributed by atoms with E-state index in [1.807, 2.05) is 24.9 Å². The van der Waals surface area contributed by atoms with Crippen molar-refractivity contribution in [2.24, 2.45) is 0 Å². The number of piperazine rings is 1. The molecule has 0 saturated carbocycles. The molecule has 0 bridgehead atoms. The van der Waals surface area contributed by atoms with Crippen molar-refractivity contribution < 1.29 is 18.0 Å². The lowest BCUT2D eigenvalue weighted by Gasteiger charge is -2.35. The molecule has 0 radical (unpaired) electrons. The van der Waals surface area contributed by atoms with E-state index < -0.39 is 17.6 Å². The van der Waals surface area contributed by atoms with Crippen molar-refractivity contribution in [3.05, 3.63) is 59.2 Å². The Morgan fingerprint density at radius 2 is 1.74 bits per heavy atom. The summed E-state index contributed by atoms with van der Waals surface area (Å²) in [5, 5.41) is 2.68. The molecule has 7 heteroatoms. The lowest BCUT2D eigenvalue weighted by Crippen LogP contribution is -2.44. The fourth-order valence-corrected chi connectivity index (χ4v) is 3.12. The maximum absolute atomic E-state index is 13.2. The van der Waals surface area contributed by atoms with Gasteiger partial charge in [0.1, 0.15) is 0 Å². The van der Waals surface area contributed by atoms with Gasteiger partial charge in [-0.25, -0.2) is 0 Å². The molecule has 0 atom stereocenters. The number of carbonyl (C=O) groups is 1. The Morgan fingerprint density at radius 3 is 2.37 bits per heavy atom. The Hall–Kier alpha value is -2.54. The van der Waals surface area contributed by atoms with Crippen molar-refractivity contribution in [1.29, 1.82) is 0 Å². The molecule has 2 aromatic carbocycles. The van der Waals surface area contributed by atoms with Crippen LogP contribution < -0.4 is 10.2 Å². The lowest BCUT2D eigenvalue weighted by atomic mass is 10.1. The fraction of sp³-hybridized carbons (Fsp3) is 0.350. The molecular formula is C20H22F3N3O. The highest BCUT2D eigenvalue weighted by molar-refractivity contribution is 6.06. The van der Waals surface area contributed by atoms with Gasteiger partial charge in [0.05, 0.1) is 16.9 Å². The highest BCUT2D eigenvalue weighted by Gasteiger charge is 2.32. The van der Waals surface area contributed by atoms with E-state index in [4.69, 9.17) is 0 Å². The van der Waals surface area contributed by atoms with Crippen molar-refractivity contribution in [2.45, 2.75) is 13.1 Å². The van der Waals surface area contributed by atoms with Crippen LogP contribution >= 0.6 is 0 Å². The zero-order chi connectivity index (χ0) is 19.6. The third kappa shape index (κ3) is 4.60. The van der Waals surface area contributed by atoms with Gasteiger partial charge in [0.25, 0.3) is 5.91 Å². The highest BCUT2D eigenvalue weighted by Crippen LogP contribution is 2.36. The lowest BCUT2D eigenvalue weighted by molar-refractivity contribution is -0.137. The summed E-state index contributed by atoms with van der Waals surface area (Å²) in [4.78, 5) is 16.8. The second-order valence-corrected chi connectivity index (χ2v) is 6.84. The second-order valence-electron chi connectivity index (χ2n) is 6.84. The molecule has 1 amide bonds. The van der Waals surface area contributed by atoms with Crippen molar-refractivity contribution in [1.82, 2.24) is 4.90 Å². The summed E-state index contributed by atoms with van der Waals surface area (Å²) in [6, 6.07) is 10.5. The average Bonchev–Trinajstić information content (AvgIpc) is 2.62. The number of alkyl halides is 3. The minimum atomic E-state index is -4.47. The Bertz CT molecular complexity index is 827. The van der Waals surface area contributed by atoms with Gasteiger partial charge >= 0.3 is 6.18 Å². The number of anilines is 2. The van der Waals surface area contributed by atoms with E-state index in [9.17, 15) is 18.0 Å². The molecule has 2 aromatic rings. The molecule has 144 valence electrons. The Labute approximate surface area is 156 Å². The van der Waals surface area contributed by atoms with Crippen LogP contribution in [-0.4, -0.2) is 44.0 Å². The van der Waals surface area contributed by atoms with E-state index in [1.165, 1.54) is 6.07 Å². The first kappa shape index (κ1) is 19.2. The smallest absolute Gasteiger partial charge is 0.367 e. The third-order valence-corrected chi connectivity index (χ3v) is 4.70. The minimum Gasteiger partial charge on any atom is -0.367 e. The van der Waals surface area contributed by atoms with Crippen LogP contribution in [0.2, 0.25) is 0 Å². The van der Waals surface area contributed by atoms with Crippen LogP contribution in [0.5, 0.6) is 0 Å². The van der Waals surface area contributed by atoms with E-state index in [0.717, 1.165) is 30.8 Å². The molecular weight excluding hydrogens is 355 g/mol. The number of amides is 1. The Balaban J connectivity index is 1.93. The van der Waals surface area contributed by atoms with Gasteiger partial charge in [-0.3, -0.25) is 4.79 Å². The normalized spacial score (nSPS) is 15.7. The second kappa shape index (κ2) is 7.60. The summed E-state index contributed by atoms with van der Waals surface area (Å²) >= 11 is 0. The predicted molar refractivity (Wildman–Crippen MR) is 100 cm³/mol. The van der Waals surface area contributed by atoms with Gasteiger partial charge < -0.3 is 15.1 Å². The summed E-state index contributed by atoms with van der Waals surface area (Å²) in [7, 11) is 2.00. The monoisotopic (exact) mass is 377 g/mol. The summed E-state index contributed by atoms with van der Waals surface area (Å²) < 4.78 is 39.5. The van der Waals surface area contributed by atoms with Crippen molar-refractivity contribution in [2.75, 3.05) is 43.4 Å². The van der Waals surface area contributed by atoms with Crippen LogP contribution in [0.4, 0.5) is 24.5 Å². The van der Waals surface area contributed by atoms with Crippen molar-refractivity contribution >= 4 is 17.3 Å². The Kier molecular flexibility index (Phi) is 5.41. The van der Waals surface area contributed by atoms with Crippen molar-refractivity contribution in [3.8, 4) is 0 Å². The summed E-state index contributed by atoms with van der Waals surface area (Å²) in [5.41, 5.74) is 1.33. The molecule has 0 aromatic heterocycles. The van der Waals surface area contributed by atoms with E-state index in [2.05, 4.69) is 10.2 Å². The zero-order valence-electron chi connectivity index (χ0n) is 15.3. The molecule has 1 N–H and O–H groups in total. The first-order valence-corrected chi connectivity index (χ1v) is 8.77. The third-order valence-electron chi connectivity index (χ3n) is 4.70. The standard InChI is InChI=1S/C20H22F3N3O/c1-14-4-3-5-15(12-14)19(27)24-17-13-16(20(21,22)23)6-7-18(17)26-10-8-25(2)9-11-26/h3-7,12-13H,8-11H2,1-2H3,(H,24,27). The number of nitrogens with one attached hydrogen (secondary N) is 1. The van der Waals surface area contributed by atoms with Gasteiger partial charge in [-0.2, -0.15) is 13.2 Å². The maximum Gasteiger partial charge on any atom is 0.416 e. The van der Waals surface area contributed by atoms with Gasteiger partial charge in [-0.15, -0.1) is 0 Å². The number of likely N-dealkylation sites (N-methyl/N-ethyl adjacent to an activating group) is 1. The summed E-state index contributed by atoms with van der Waals surface area (Å²) in [6.45, 7) is 4.86. The quantitative estimate of drug-likeness (QED) is 0.878. The summed E-state index contributed by atoms with van der Waals surface area (Å²) in [6.07, 6.45) is -4.47. The number of carbonyl (C=O) groups excluding carboxylic acids is 1. The topological polar surface area (TPSA) is 35.6 Å². The van der Waals surface area contributed by atoms with Crippen LogP contribution in [0.15, 0.2) is 42.5 Å². The van der Waals surface area contributed by atoms with Gasteiger partial charge in [0, 0.05) is 31.7 Å². The van der Waals surface area contributed by atoms with Gasteiger partial charge in [-0.1, -0.05) is 17.7 Å². The van der Waals surface area contributed by atoms with E-state index in [0.29, 0.717) is 24.3 Å². The predicted octanol–water partition coefficient (Wildman–Crippen LogP) is 4.02. The summed E-state index contributed by atoms with van der Waals surface area (Å²) in [5.74, 6) is -0.423. The van der Waals surface area contributed by atoms with Gasteiger partial charge in [0.15, 0.2) is 0 Å². The van der Waals surface area contributed by atoms with Crippen LogP contribution in [0.3, 0.4) is 0 Å². The highest BCUT2D eigenvalue weighted by atomic mass is 19.4. The van der Waals surface area contributed by atoms with E-state index in [1.54, 1.807) is 18.2 Å². The number of hydrogen-bond donors (Lipinski definition) is 1. The van der Waals surface area contributed by atoms with E-state index in [-0.39, 0.29) is 5.69 Å². The molecule has 1 aliphatic heterocycles. The van der Waals surface area contributed by atoms with Crippen molar-refractivity contribution in [3.63, 3.8) is 0 Å². The first-order chi connectivity index (χ1) is 12.7. The molecule has 1 aliphatic rings. The van der Waals surface area contributed by atoms with Gasteiger partial charge in [-0.05, 0) is 44.3 Å². The van der Waals surface area contributed by atoms with Crippen LogP contribution in [0.25, 0.3) is 0 Å². The SMILES string of the molecule is Cc1cccc(C(=O)Nc2cc(C(F)(F)F)ccc2N2CCN(C)CC2)c1.